The Morgan fingerprint density at radius 3 is 2.94 bits per heavy atom. The quantitative estimate of drug-likeness (QED) is 0.494. The fraction of sp³-hybridized carbons (Fsp3) is 0.250. The van der Waals surface area contributed by atoms with Crippen LogP contribution in [0.5, 0.6) is 5.75 Å². The maximum absolute atomic E-state index is 14.5. The normalized spacial score (nSPS) is 19.2. The molecule has 1 aromatic heterocycles. The molecule has 1 atom stereocenters. The molecule has 1 unspecified atom stereocenters. The van der Waals surface area contributed by atoms with Crippen LogP contribution in [0.1, 0.15) is 31.4 Å². The van der Waals surface area contributed by atoms with Crippen LogP contribution >= 0.6 is 0 Å². The number of ether oxygens (including phenoxy) is 2. The molecule has 11 heteroatoms. The van der Waals surface area contributed by atoms with E-state index in [1.807, 2.05) is 0 Å². The summed E-state index contributed by atoms with van der Waals surface area (Å²) in [6, 6.07) is 5.06. The molecule has 2 aliphatic rings. The number of benzene rings is 1. The zero-order chi connectivity index (χ0) is 24.9. The Balaban J connectivity index is 1.59. The van der Waals surface area contributed by atoms with Gasteiger partial charge in [-0.3, -0.25) is 14.4 Å². The van der Waals surface area contributed by atoms with Crippen LogP contribution in [-0.2, 0) is 19.1 Å². The van der Waals surface area contributed by atoms with Crippen molar-refractivity contribution in [1.82, 2.24) is 15.3 Å². The first kappa shape index (κ1) is 23.7. The maximum Gasteiger partial charge on any atom is 0.303 e. The summed E-state index contributed by atoms with van der Waals surface area (Å²) in [5, 5.41) is 5.29. The van der Waals surface area contributed by atoms with Gasteiger partial charge in [0, 0.05) is 49.7 Å². The minimum absolute atomic E-state index is 0.120. The zero-order valence-electron chi connectivity index (χ0n) is 19.0. The van der Waals surface area contributed by atoms with Crippen molar-refractivity contribution < 1.29 is 28.2 Å². The molecule has 1 amide bonds. The number of hydrogen-bond acceptors (Lipinski definition) is 9. The Morgan fingerprint density at radius 1 is 1.34 bits per heavy atom. The SMILES string of the molecule is CNC(=O)C=C1C=CCC(=Nc2ncc(F)c(Nc3ccc4c(c3)C(OC(C)=O)CCO4)n2)C1=O. The second-order valence-corrected chi connectivity index (χ2v) is 7.69. The molecule has 1 aliphatic heterocycles. The molecule has 1 aromatic carbocycles. The first-order valence-corrected chi connectivity index (χ1v) is 10.8. The van der Waals surface area contributed by atoms with E-state index in [0.29, 0.717) is 30.0 Å². The van der Waals surface area contributed by atoms with Gasteiger partial charge in [-0.15, -0.1) is 0 Å². The third kappa shape index (κ3) is 5.57. The van der Waals surface area contributed by atoms with Crippen LogP contribution in [0.4, 0.5) is 21.8 Å². The van der Waals surface area contributed by atoms with Crippen LogP contribution in [0.3, 0.4) is 0 Å². The summed E-state index contributed by atoms with van der Waals surface area (Å²) < 4.78 is 25.5. The average molecular weight is 479 g/mol. The van der Waals surface area contributed by atoms with Crippen LogP contribution in [0, 0.1) is 5.82 Å². The molecule has 180 valence electrons. The van der Waals surface area contributed by atoms with Gasteiger partial charge in [-0.1, -0.05) is 12.2 Å². The minimum atomic E-state index is -0.727. The molecule has 4 rings (SSSR count). The Morgan fingerprint density at radius 2 is 2.17 bits per heavy atom. The Bertz CT molecular complexity index is 1290. The number of carbonyl (C=O) groups excluding carboxylic acids is 3. The maximum atomic E-state index is 14.5. The number of allylic oxidation sites excluding steroid dienone is 3. The number of esters is 1. The van der Waals surface area contributed by atoms with Gasteiger partial charge in [0.2, 0.25) is 11.7 Å². The average Bonchev–Trinajstić information content (AvgIpc) is 2.83. The molecular formula is C24H22FN5O5. The van der Waals surface area contributed by atoms with E-state index in [4.69, 9.17) is 9.47 Å². The van der Waals surface area contributed by atoms with Gasteiger partial charge in [0.25, 0.3) is 5.95 Å². The van der Waals surface area contributed by atoms with Crippen molar-refractivity contribution in [2.45, 2.75) is 25.9 Å². The number of likely N-dealkylation sites (N-methyl/N-ethyl adjacent to an activating group) is 1. The van der Waals surface area contributed by atoms with Crippen molar-refractivity contribution in [3.8, 4) is 5.75 Å². The second-order valence-electron chi connectivity index (χ2n) is 7.69. The summed E-state index contributed by atoms with van der Waals surface area (Å²) >= 11 is 0. The first-order chi connectivity index (χ1) is 16.8. The number of aromatic nitrogens is 2. The number of halogens is 1. The first-order valence-electron chi connectivity index (χ1n) is 10.8. The van der Waals surface area contributed by atoms with Gasteiger partial charge >= 0.3 is 5.97 Å². The number of Topliss-reactive ketones (excluding diaryl/α,β-unsaturated/α-hetero) is 1. The van der Waals surface area contributed by atoms with Crippen molar-refractivity contribution in [2.24, 2.45) is 4.99 Å². The van der Waals surface area contributed by atoms with Gasteiger partial charge in [-0.2, -0.15) is 4.98 Å². The molecule has 10 nitrogen and oxygen atoms in total. The van der Waals surface area contributed by atoms with E-state index >= 15 is 0 Å². The van der Waals surface area contributed by atoms with Gasteiger partial charge in [-0.25, -0.2) is 14.4 Å². The molecule has 0 saturated carbocycles. The highest BCUT2D eigenvalue weighted by molar-refractivity contribution is 6.48. The number of rotatable bonds is 5. The number of hydrogen-bond donors (Lipinski definition) is 2. The highest BCUT2D eigenvalue weighted by atomic mass is 19.1. The number of nitrogens with zero attached hydrogens (tertiary/aromatic N) is 3. The molecule has 0 fully saturated rings. The third-order valence-electron chi connectivity index (χ3n) is 5.20. The highest BCUT2D eigenvalue weighted by Crippen LogP contribution is 2.37. The number of anilines is 2. The van der Waals surface area contributed by atoms with Crippen LogP contribution in [-0.4, -0.2) is 47.0 Å². The number of fused-ring (bicyclic) bond motifs is 1. The third-order valence-corrected chi connectivity index (χ3v) is 5.20. The fourth-order valence-electron chi connectivity index (χ4n) is 3.58. The molecule has 1 aliphatic carbocycles. The Kier molecular flexibility index (Phi) is 6.95. The lowest BCUT2D eigenvalue weighted by atomic mass is 9.98. The van der Waals surface area contributed by atoms with Crippen molar-refractivity contribution in [2.75, 3.05) is 19.0 Å². The fourth-order valence-corrected chi connectivity index (χ4v) is 3.58. The van der Waals surface area contributed by atoms with E-state index in [0.717, 1.165) is 6.20 Å². The molecule has 2 N–H and O–H groups in total. The van der Waals surface area contributed by atoms with Crippen molar-refractivity contribution >= 4 is 40.8 Å². The molecule has 0 radical (unpaired) electrons. The largest absolute Gasteiger partial charge is 0.493 e. The Labute approximate surface area is 200 Å². The van der Waals surface area contributed by atoms with Gasteiger partial charge < -0.3 is 20.1 Å². The number of carbonyl (C=O) groups is 3. The summed E-state index contributed by atoms with van der Waals surface area (Å²) in [5.74, 6) is -1.69. The molecule has 0 spiro atoms. The number of aliphatic imine (C=N–C) groups is 1. The second kappa shape index (κ2) is 10.2. The summed E-state index contributed by atoms with van der Waals surface area (Å²) in [5.41, 5.74) is 1.43. The number of ketones is 1. The van der Waals surface area contributed by atoms with Crippen LogP contribution < -0.4 is 15.4 Å². The summed E-state index contributed by atoms with van der Waals surface area (Å²) in [6.07, 6.45) is 5.59. The molecule has 0 bridgehead atoms. The standard InChI is InChI=1S/C24H22FN5O5/c1-13(31)35-20-8-9-34-19-7-6-15(11-16(19)20)28-23-17(25)12-27-24(30-23)29-18-5-3-4-14(22(18)33)10-21(32)26-2/h3-4,6-7,10-12,20H,5,8-9H2,1-2H3,(H,26,32)(H,27,28,30). The van der Waals surface area contributed by atoms with E-state index in [9.17, 15) is 18.8 Å². The summed E-state index contributed by atoms with van der Waals surface area (Å²) in [4.78, 5) is 47.8. The highest BCUT2D eigenvalue weighted by Gasteiger charge is 2.25. The van der Waals surface area contributed by atoms with Crippen molar-refractivity contribution in [3.05, 3.63) is 59.6 Å². The van der Waals surface area contributed by atoms with Crippen molar-refractivity contribution in [1.29, 1.82) is 0 Å². The van der Waals surface area contributed by atoms with E-state index in [-0.39, 0.29) is 29.5 Å². The van der Waals surface area contributed by atoms with Crippen LogP contribution in [0.2, 0.25) is 0 Å². The van der Waals surface area contributed by atoms with Gasteiger partial charge in [0.15, 0.2) is 11.6 Å². The monoisotopic (exact) mass is 479 g/mol. The molecule has 35 heavy (non-hydrogen) atoms. The Hall–Kier alpha value is -4.41. The molecule has 2 aromatic rings. The lowest BCUT2D eigenvalue weighted by molar-refractivity contribution is -0.148. The lowest BCUT2D eigenvalue weighted by Crippen LogP contribution is -2.22. The predicted molar refractivity (Wildman–Crippen MR) is 124 cm³/mol. The predicted octanol–water partition coefficient (Wildman–Crippen LogP) is 3.02. The lowest BCUT2D eigenvalue weighted by Gasteiger charge is -2.26. The molecule has 2 heterocycles. The zero-order valence-corrected chi connectivity index (χ0v) is 19.0. The smallest absolute Gasteiger partial charge is 0.303 e. The van der Waals surface area contributed by atoms with Gasteiger partial charge in [0.05, 0.1) is 18.5 Å². The molecule has 0 saturated heterocycles. The van der Waals surface area contributed by atoms with Gasteiger partial charge in [0.1, 0.15) is 11.9 Å². The number of nitrogens with one attached hydrogen (secondary N) is 2. The summed E-state index contributed by atoms with van der Waals surface area (Å²) in [6.45, 7) is 1.75. The van der Waals surface area contributed by atoms with E-state index < -0.39 is 29.6 Å². The summed E-state index contributed by atoms with van der Waals surface area (Å²) in [7, 11) is 1.46. The van der Waals surface area contributed by atoms with E-state index in [2.05, 4.69) is 25.6 Å². The van der Waals surface area contributed by atoms with E-state index in [1.54, 1.807) is 24.3 Å². The number of amides is 1. The van der Waals surface area contributed by atoms with Crippen molar-refractivity contribution in [3.63, 3.8) is 0 Å². The van der Waals surface area contributed by atoms with Crippen LogP contribution in [0.15, 0.2) is 53.2 Å². The van der Waals surface area contributed by atoms with Crippen LogP contribution in [0.25, 0.3) is 0 Å². The minimum Gasteiger partial charge on any atom is -0.493 e. The topological polar surface area (TPSA) is 132 Å². The van der Waals surface area contributed by atoms with E-state index in [1.165, 1.54) is 26.1 Å². The van der Waals surface area contributed by atoms with Gasteiger partial charge in [-0.05, 0) is 18.2 Å². The molecular weight excluding hydrogens is 457 g/mol.